The lowest BCUT2D eigenvalue weighted by atomic mass is 10.1. The summed E-state index contributed by atoms with van der Waals surface area (Å²) in [5.74, 6) is 2.01. The van der Waals surface area contributed by atoms with E-state index >= 15 is 0 Å². The standard InChI is InChI=1S/C27H29NO4S/c29-20-6-4-19(5-7-20)27-26(24-13-8-21(30)18-25(24)33-27)32-23-11-9-22(10-12-23)31-17-16-28-14-2-1-3-15-28/h4-9,11-13,18,22,29-30H,1-3,10,14-17H2/t22-/m1/s1. The Balaban J connectivity index is 1.28. The third-order valence-electron chi connectivity index (χ3n) is 6.19. The van der Waals surface area contributed by atoms with Crippen LogP contribution < -0.4 is 4.74 Å². The Kier molecular flexibility index (Phi) is 6.67. The quantitative estimate of drug-likeness (QED) is 0.445. The van der Waals surface area contributed by atoms with Crippen LogP contribution in [0.3, 0.4) is 0 Å². The maximum absolute atomic E-state index is 9.94. The molecule has 0 amide bonds. The zero-order chi connectivity index (χ0) is 22.6. The fraction of sp³-hybridized carbons (Fsp3) is 0.333. The van der Waals surface area contributed by atoms with Crippen LogP contribution in [0.1, 0.15) is 25.7 Å². The summed E-state index contributed by atoms with van der Waals surface area (Å²) in [4.78, 5) is 3.45. The van der Waals surface area contributed by atoms with E-state index in [1.165, 1.54) is 32.4 Å². The SMILES string of the molecule is Oc1ccc(-c2sc3cc(O)ccc3c2OC2=CC[C@H](OCCN3CCCCC3)C=C2)cc1. The minimum absolute atomic E-state index is 0.0786. The molecule has 0 saturated carbocycles. The first-order valence-electron chi connectivity index (χ1n) is 11.6. The lowest BCUT2D eigenvalue weighted by molar-refractivity contribution is 0.0604. The fourth-order valence-electron chi connectivity index (χ4n) is 4.38. The molecule has 6 heteroatoms. The molecule has 5 nitrogen and oxygen atoms in total. The molecule has 1 aromatic heterocycles. The molecule has 1 saturated heterocycles. The Morgan fingerprint density at radius 2 is 1.76 bits per heavy atom. The molecule has 0 bridgehead atoms. The average molecular weight is 464 g/mol. The highest BCUT2D eigenvalue weighted by molar-refractivity contribution is 7.22. The molecular weight excluding hydrogens is 434 g/mol. The number of hydrogen-bond donors (Lipinski definition) is 2. The number of likely N-dealkylation sites (tertiary alicyclic amines) is 1. The van der Waals surface area contributed by atoms with Crippen LogP contribution >= 0.6 is 11.3 Å². The Bertz CT molecular complexity index is 1160. The predicted molar refractivity (Wildman–Crippen MR) is 133 cm³/mol. The molecule has 3 aromatic rings. The number of ether oxygens (including phenoxy) is 2. The lowest BCUT2D eigenvalue weighted by Gasteiger charge is -2.27. The number of phenolic OH excluding ortho intramolecular Hbond substituents is 2. The van der Waals surface area contributed by atoms with Crippen molar-refractivity contribution in [2.24, 2.45) is 0 Å². The minimum Gasteiger partial charge on any atom is -0.508 e. The Morgan fingerprint density at radius 3 is 2.52 bits per heavy atom. The summed E-state index contributed by atoms with van der Waals surface area (Å²) in [6.45, 7) is 4.14. The fourth-order valence-corrected chi connectivity index (χ4v) is 5.55. The van der Waals surface area contributed by atoms with Gasteiger partial charge in [-0.3, -0.25) is 0 Å². The molecule has 0 spiro atoms. The molecule has 2 aliphatic rings. The highest BCUT2D eigenvalue weighted by Crippen LogP contribution is 2.46. The summed E-state index contributed by atoms with van der Waals surface area (Å²) in [5, 5.41) is 20.6. The average Bonchev–Trinajstić information content (AvgIpc) is 3.18. The molecule has 5 rings (SSSR count). The van der Waals surface area contributed by atoms with Gasteiger partial charge in [0.05, 0.1) is 17.6 Å². The summed E-state index contributed by atoms with van der Waals surface area (Å²) in [6.07, 6.45) is 11.0. The monoisotopic (exact) mass is 463 g/mol. The van der Waals surface area contributed by atoms with Gasteiger partial charge in [-0.2, -0.15) is 0 Å². The normalized spacial score (nSPS) is 19.0. The van der Waals surface area contributed by atoms with Gasteiger partial charge in [0.1, 0.15) is 17.3 Å². The van der Waals surface area contributed by atoms with E-state index in [0.717, 1.165) is 51.6 Å². The van der Waals surface area contributed by atoms with E-state index in [0.29, 0.717) is 0 Å². The van der Waals surface area contributed by atoms with Gasteiger partial charge in [-0.15, -0.1) is 11.3 Å². The van der Waals surface area contributed by atoms with E-state index in [2.05, 4.69) is 17.1 Å². The summed E-state index contributed by atoms with van der Waals surface area (Å²) >= 11 is 1.56. The maximum atomic E-state index is 9.94. The topological polar surface area (TPSA) is 62.2 Å². The van der Waals surface area contributed by atoms with E-state index in [1.54, 1.807) is 35.6 Å². The van der Waals surface area contributed by atoms with Crippen molar-refractivity contribution < 1.29 is 19.7 Å². The van der Waals surface area contributed by atoms with E-state index in [1.807, 2.05) is 24.3 Å². The highest BCUT2D eigenvalue weighted by atomic mass is 32.1. The smallest absolute Gasteiger partial charge is 0.153 e. The largest absolute Gasteiger partial charge is 0.508 e. The molecule has 1 atom stereocenters. The molecule has 1 fully saturated rings. The first-order valence-corrected chi connectivity index (χ1v) is 12.4. The number of phenols is 2. The zero-order valence-corrected chi connectivity index (χ0v) is 19.4. The molecular formula is C27H29NO4S. The number of aromatic hydroxyl groups is 2. The van der Waals surface area contributed by atoms with Gasteiger partial charge in [0.25, 0.3) is 0 Å². The number of thiophene rings is 1. The maximum Gasteiger partial charge on any atom is 0.153 e. The number of benzene rings is 2. The second kappa shape index (κ2) is 10.00. The van der Waals surface area contributed by atoms with Crippen molar-refractivity contribution in [3.05, 3.63) is 66.5 Å². The van der Waals surface area contributed by atoms with Gasteiger partial charge in [-0.05, 0) is 92.5 Å². The van der Waals surface area contributed by atoms with Crippen LogP contribution in [0.4, 0.5) is 0 Å². The van der Waals surface area contributed by atoms with Crippen molar-refractivity contribution in [3.63, 3.8) is 0 Å². The summed E-state index contributed by atoms with van der Waals surface area (Å²) < 4.78 is 13.4. The van der Waals surface area contributed by atoms with Gasteiger partial charge in [0.15, 0.2) is 5.75 Å². The molecule has 1 aliphatic carbocycles. The number of hydrogen-bond acceptors (Lipinski definition) is 6. The number of piperidine rings is 1. The third-order valence-corrected chi connectivity index (χ3v) is 7.37. The van der Waals surface area contributed by atoms with Crippen molar-refractivity contribution in [2.75, 3.05) is 26.2 Å². The summed E-state index contributed by atoms with van der Waals surface area (Å²) in [6, 6.07) is 12.4. The number of rotatable bonds is 7. The van der Waals surface area contributed by atoms with Gasteiger partial charge >= 0.3 is 0 Å². The van der Waals surface area contributed by atoms with Crippen LogP contribution in [0.5, 0.6) is 17.2 Å². The number of fused-ring (bicyclic) bond motifs is 1. The molecule has 0 radical (unpaired) electrons. The Morgan fingerprint density at radius 1 is 0.970 bits per heavy atom. The van der Waals surface area contributed by atoms with Crippen molar-refractivity contribution in [2.45, 2.75) is 31.8 Å². The first kappa shape index (κ1) is 22.0. The van der Waals surface area contributed by atoms with Gasteiger partial charge in [-0.25, -0.2) is 0 Å². The second-order valence-electron chi connectivity index (χ2n) is 8.60. The third kappa shape index (κ3) is 5.24. The Hall–Kier alpha value is -2.80. The lowest BCUT2D eigenvalue weighted by Crippen LogP contribution is -2.33. The highest BCUT2D eigenvalue weighted by Gasteiger charge is 2.19. The molecule has 0 unspecified atom stereocenters. The van der Waals surface area contributed by atoms with Gasteiger partial charge < -0.3 is 24.6 Å². The zero-order valence-electron chi connectivity index (χ0n) is 18.6. The van der Waals surface area contributed by atoms with Crippen molar-refractivity contribution in [1.82, 2.24) is 4.90 Å². The molecule has 172 valence electrons. The Labute approximate surface area is 198 Å². The molecule has 2 aromatic carbocycles. The van der Waals surface area contributed by atoms with Gasteiger partial charge in [0, 0.05) is 16.6 Å². The number of allylic oxidation sites excluding steroid dienone is 1. The molecule has 1 aliphatic heterocycles. The van der Waals surface area contributed by atoms with Gasteiger partial charge in [0.2, 0.25) is 0 Å². The molecule has 2 heterocycles. The number of nitrogens with zero attached hydrogens (tertiary/aromatic N) is 1. The molecule has 2 N–H and O–H groups in total. The van der Waals surface area contributed by atoms with Crippen molar-refractivity contribution >= 4 is 21.4 Å². The van der Waals surface area contributed by atoms with Crippen LogP contribution in [-0.4, -0.2) is 47.5 Å². The van der Waals surface area contributed by atoms with E-state index in [4.69, 9.17) is 9.47 Å². The second-order valence-corrected chi connectivity index (χ2v) is 9.65. The van der Waals surface area contributed by atoms with E-state index in [-0.39, 0.29) is 17.6 Å². The van der Waals surface area contributed by atoms with Crippen LogP contribution in [0.15, 0.2) is 66.5 Å². The van der Waals surface area contributed by atoms with Crippen LogP contribution in [0, 0.1) is 0 Å². The summed E-state index contributed by atoms with van der Waals surface area (Å²) in [7, 11) is 0. The van der Waals surface area contributed by atoms with Crippen LogP contribution in [0.2, 0.25) is 0 Å². The molecule has 33 heavy (non-hydrogen) atoms. The minimum atomic E-state index is 0.0786. The van der Waals surface area contributed by atoms with Gasteiger partial charge in [-0.1, -0.05) is 12.5 Å². The van der Waals surface area contributed by atoms with E-state index < -0.39 is 0 Å². The summed E-state index contributed by atoms with van der Waals surface area (Å²) in [5.41, 5.74) is 0.961. The van der Waals surface area contributed by atoms with E-state index in [9.17, 15) is 10.2 Å². The van der Waals surface area contributed by atoms with Crippen molar-refractivity contribution in [3.8, 4) is 27.7 Å². The predicted octanol–water partition coefficient (Wildman–Crippen LogP) is 6.07. The first-order chi connectivity index (χ1) is 16.2. The van der Waals surface area contributed by atoms with Crippen LogP contribution in [0.25, 0.3) is 20.5 Å². The van der Waals surface area contributed by atoms with Crippen LogP contribution in [-0.2, 0) is 4.74 Å². The van der Waals surface area contributed by atoms with Crippen molar-refractivity contribution in [1.29, 1.82) is 0 Å².